The van der Waals surface area contributed by atoms with Crippen molar-refractivity contribution in [3.05, 3.63) is 41.7 Å². The number of primary amides is 1. The summed E-state index contributed by atoms with van der Waals surface area (Å²) in [5.74, 6) is -0.402. The maximum absolute atomic E-state index is 12.5. The Morgan fingerprint density at radius 3 is 2.67 bits per heavy atom. The third-order valence-electron chi connectivity index (χ3n) is 7.04. The zero-order valence-electron chi connectivity index (χ0n) is 19.7. The lowest BCUT2D eigenvalue weighted by molar-refractivity contribution is 0.1000. The molecule has 0 bridgehead atoms. The molecule has 33 heavy (non-hydrogen) atoms. The maximum Gasteiger partial charge on any atom is 0.251 e. The molecule has 7 nitrogen and oxygen atoms in total. The summed E-state index contributed by atoms with van der Waals surface area (Å²) in [6.45, 7) is 1.67. The largest absolute Gasteiger partial charge is 0.373 e. The molecule has 1 fully saturated rings. The van der Waals surface area contributed by atoms with Gasteiger partial charge in [0.05, 0.1) is 34.3 Å². The summed E-state index contributed by atoms with van der Waals surface area (Å²) in [6.07, 6.45) is 9.53. The number of likely N-dealkylation sites (N-methyl/N-ethyl adjacent to an activating group) is 2. The number of carbonyl (C=O) groups is 1. The summed E-state index contributed by atoms with van der Waals surface area (Å²) in [5.41, 5.74) is 13.3. The first-order chi connectivity index (χ1) is 15.9. The van der Waals surface area contributed by atoms with Crippen molar-refractivity contribution in [3.63, 3.8) is 0 Å². The van der Waals surface area contributed by atoms with Gasteiger partial charge in [-0.15, -0.1) is 0 Å². The van der Waals surface area contributed by atoms with Gasteiger partial charge in [-0.05, 0) is 56.3 Å². The maximum atomic E-state index is 12.5. The number of aliphatic imine (C=N–C) groups is 1. The fourth-order valence-corrected chi connectivity index (χ4v) is 5.23. The van der Waals surface area contributed by atoms with Crippen LogP contribution in [-0.4, -0.2) is 60.8 Å². The van der Waals surface area contributed by atoms with Gasteiger partial charge in [-0.25, -0.2) is 4.98 Å². The number of aromatic nitrogens is 2. The van der Waals surface area contributed by atoms with Crippen molar-refractivity contribution in [1.29, 1.82) is 0 Å². The van der Waals surface area contributed by atoms with E-state index in [1.165, 1.54) is 31.2 Å². The van der Waals surface area contributed by atoms with Crippen LogP contribution in [-0.2, 0) is 6.42 Å². The molecule has 1 saturated carbocycles. The van der Waals surface area contributed by atoms with E-state index in [4.69, 9.17) is 10.7 Å². The summed E-state index contributed by atoms with van der Waals surface area (Å²) in [4.78, 5) is 26.1. The third-order valence-corrected chi connectivity index (χ3v) is 7.04. The Hall–Kier alpha value is -3.19. The van der Waals surface area contributed by atoms with Gasteiger partial charge in [-0.1, -0.05) is 18.9 Å². The molecule has 3 aromatic rings. The highest BCUT2D eigenvalue weighted by molar-refractivity contribution is 6.06. The Kier molecular flexibility index (Phi) is 5.66. The topological polar surface area (TPSA) is 79.8 Å². The van der Waals surface area contributed by atoms with E-state index in [2.05, 4.69) is 43.6 Å². The predicted molar refractivity (Wildman–Crippen MR) is 135 cm³/mol. The molecular formula is C26H32N6O. The standard InChI is InChI=1S/C26H32N6O/c1-30(2)12-13-31(3)23-15-20(25-19(10-11-28-25)24(23)26(27)33)17-8-9-22-21(14-17)29-16-32(22)18-6-4-5-7-18/h8-9,11,14-16,18H,4-7,10,12-13H2,1-3H3,(H2,27,33). The van der Waals surface area contributed by atoms with Gasteiger partial charge in [0.1, 0.15) is 0 Å². The van der Waals surface area contributed by atoms with Crippen LogP contribution in [0.1, 0.15) is 47.6 Å². The molecule has 2 heterocycles. The molecule has 0 spiro atoms. The zero-order chi connectivity index (χ0) is 23.1. The molecule has 2 aromatic carbocycles. The molecule has 2 N–H and O–H groups in total. The fraction of sp³-hybridized carbons (Fsp3) is 0.423. The van der Waals surface area contributed by atoms with Gasteiger partial charge in [0.25, 0.3) is 5.91 Å². The van der Waals surface area contributed by atoms with Crippen molar-refractivity contribution in [2.45, 2.75) is 38.1 Å². The third kappa shape index (κ3) is 3.91. The highest BCUT2D eigenvalue weighted by Crippen LogP contribution is 2.43. The minimum Gasteiger partial charge on any atom is -0.373 e. The Labute approximate surface area is 194 Å². The Bertz CT molecular complexity index is 1240. The molecule has 2 aliphatic rings. The molecule has 1 aliphatic carbocycles. The molecule has 5 rings (SSSR count). The number of anilines is 1. The van der Waals surface area contributed by atoms with Crippen LogP contribution < -0.4 is 10.6 Å². The monoisotopic (exact) mass is 444 g/mol. The molecule has 0 radical (unpaired) electrons. The van der Waals surface area contributed by atoms with Gasteiger partial charge in [-0.2, -0.15) is 0 Å². The van der Waals surface area contributed by atoms with Gasteiger partial charge in [0, 0.05) is 44.4 Å². The van der Waals surface area contributed by atoms with E-state index < -0.39 is 5.91 Å². The molecule has 0 saturated heterocycles. The number of nitrogens with zero attached hydrogens (tertiary/aromatic N) is 5. The summed E-state index contributed by atoms with van der Waals surface area (Å²) in [5, 5.41) is 0. The molecule has 1 aromatic heterocycles. The van der Waals surface area contributed by atoms with Crippen molar-refractivity contribution in [2.24, 2.45) is 10.7 Å². The number of hydrogen-bond acceptors (Lipinski definition) is 5. The van der Waals surface area contributed by atoms with Gasteiger partial charge >= 0.3 is 0 Å². The summed E-state index contributed by atoms with van der Waals surface area (Å²) in [6, 6.07) is 9.12. The predicted octanol–water partition coefficient (Wildman–Crippen LogP) is 4.17. The van der Waals surface area contributed by atoms with E-state index in [0.29, 0.717) is 18.0 Å². The lowest BCUT2D eigenvalue weighted by atomic mass is 9.93. The Balaban J connectivity index is 1.61. The highest BCUT2D eigenvalue weighted by Gasteiger charge is 2.26. The molecule has 0 atom stereocenters. The van der Waals surface area contributed by atoms with Crippen molar-refractivity contribution >= 4 is 34.5 Å². The first kappa shape index (κ1) is 21.6. The molecule has 172 valence electrons. The van der Waals surface area contributed by atoms with Crippen LogP contribution in [0.25, 0.3) is 22.2 Å². The van der Waals surface area contributed by atoms with Crippen molar-refractivity contribution in [1.82, 2.24) is 14.5 Å². The second kappa shape index (κ2) is 8.63. The molecular weight excluding hydrogens is 412 g/mol. The van der Waals surface area contributed by atoms with Gasteiger partial charge < -0.3 is 20.1 Å². The van der Waals surface area contributed by atoms with E-state index >= 15 is 0 Å². The normalized spacial score (nSPS) is 15.6. The lowest BCUT2D eigenvalue weighted by Crippen LogP contribution is -2.30. The zero-order valence-corrected chi connectivity index (χ0v) is 19.7. The van der Waals surface area contributed by atoms with Crippen molar-refractivity contribution < 1.29 is 4.79 Å². The molecule has 7 heteroatoms. The second-order valence-corrected chi connectivity index (χ2v) is 9.54. The van der Waals surface area contributed by atoms with Crippen LogP contribution in [0.3, 0.4) is 0 Å². The minimum absolute atomic E-state index is 0.402. The Morgan fingerprint density at radius 2 is 1.94 bits per heavy atom. The fourth-order valence-electron chi connectivity index (χ4n) is 5.23. The van der Waals surface area contributed by atoms with Gasteiger partial charge in [-0.3, -0.25) is 9.79 Å². The summed E-state index contributed by atoms with van der Waals surface area (Å²) >= 11 is 0. The number of carbonyl (C=O) groups excluding carboxylic acids is 1. The first-order valence-corrected chi connectivity index (χ1v) is 11.8. The van der Waals surface area contributed by atoms with E-state index in [1.54, 1.807) is 0 Å². The number of hydrogen-bond donors (Lipinski definition) is 1. The molecule has 1 amide bonds. The summed E-state index contributed by atoms with van der Waals surface area (Å²) in [7, 11) is 6.11. The number of fused-ring (bicyclic) bond motifs is 2. The minimum atomic E-state index is -0.402. The smallest absolute Gasteiger partial charge is 0.251 e. The number of imidazole rings is 1. The van der Waals surface area contributed by atoms with Crippen LogP contribution in [0.15, 0.2) is 35.6 Å². The molecule has 1 aliphatic heterocycles. The number of rotatable bonds is 7. The average molecular weight is 445 g/mol. The van der Waals surface area contributed by atoms with E-state index in [9.17, 15) is 4.79 Å². The quantitative estimate of drug-likeness (QED) is 0.593. The average Bonchev–Trinajstić information content (AvgIpc) is 3.55. The SMILES string of the molecule is CN(C)CCN(C)c1cc(-c2ccc3c(c2)ncn3C2CCCC2)c2c(c1C(N)=O)CC=N2. The number of amides is 1. The summed E-state index contributed by atoms with van der Waals surface area (Å²) < 4.78 is 2.34. The van der Waals surface area contributed by atoms with Crippen LogP contribution in [0.2, 0.25) is 0 Å². The van der Waals surface area contributed by atoms with E-state index in [0.717, 1.165) is 46.7 Å². The highest BCUT2D eigenvalue weighted by atomic mass is 16.1. The van der Waals surface area contributed by atoms with Gasteiger partial charge in [0.2, 0.25) is 0 Å². The number of nitrogens with two attached hydrogens (primary N) is 1. The first-order valence-electron chi connectivity index (χ1n) is 11.8. The molecule has 0 unspecified atom stereocenters. The Morgan fingerprint density at radius 1 is 1.15 bits per heavy atom. The second-order valence-electron chi connectivity index (χ2n) is 9.54. The number of benzene rings is 2. The van der Waals surface area contributed by atoms with Crippen molar-refractivity contribution in [2.75, 3.05) is 39.1 Å². The van der Waals surface area contributed by atoms with Gasteiger partial charge in [0.15, 0.2) is 0 Å². The van der Waals surface area contributed by atoms with E-state index in [1.807, 2.05) is 33.7 Å². The van der Waals surface area contributed by atoms with Crippen LogP contribution >= 0.6 is 0 Å². The van der Waals surface area contributed by atoms with Crippen LogP contribution in [0.4, 0.5) is 11.4 Å². The lowest BCUT2D eigenvalue weighted by Gasteiger charge is -2.26. The van der Waals surface area contributed by atoms with Crippen LogP contribution in [0.5, 0.6) is 0 Å². The van der Waals surface area contributed by atoms with Crippen molar-refractivity contribution in [3.8, 4) is 11.1 Å². The van der Waals surface area contributed by atoms with E-state index in [-0.39, 0.29) is 0 Å². The van der Waals surface area contributed by atoms with Crippen LogP contribution in [0, 0.1) is 0 Å².